The molecule has 0 aliphatic rings. The highest BCUT2D eigenvalue weighted by atomic mass is 16.5. The molecule has 0 aliphatic heterocycles. The summed E-state index contributed by atoms with van der Waals surface area (Å²) in [6.07, 6.45) is 0.301. The summed E-state index contributed by atoms with van der Waals surface area (Å²) < 4.78 is 16.2. The third kappa shape index (κ3) is 6.99. The molecule has 0 unspecified atom stereocenters. The van der Waals surface area contributed by atoms with Gasteiger partial charge < -0.3 is 30.0 Å². The van der Waals surface area contributed by atoms with E-state index in [9.17, 15) is 14.4 Å². The lowest BCUT2D eigenvalue weighted by Gasteiger charge is -2.14. The van der Waals surface area contributed by atoms with Gasteiger partial charge in [0.25, 0.3) is 0 Å². The van der Waals surface area contributed by atoms with Gasteiger partial charge in [0.15, 0.2) is 11.5 Å². The van der Waals surface area contributed by atoms with Crippen LogP contribution in [0.4, 0.5) is 16.2 Å². The van der Waals surface area contributed by atoms with E-state index in [1.807, 2.05) is 31.2 Å². The lowest BCUT2D eigenvalue weighted by molar-refractivity contribution is -0.118. The lowest BCUT2D eigenvalue weighted by Crippen LogP contribution is -2.20. The van der Waals surface area contributed by atoms with Crippen molar-refractivity contribution in [3.05, 3.63) is 77.4 Å². The summed E-state index contributed by atoms with van der Waals surface area (Å²) in [6.45, 7) is 2.01. The molecule has 3 rings (SSSR count). The van der Waals surface area contributed by atoms with Gasteiger partial charge in [-0.3, -0.25) is 4.79 Å². The zero-order valence-corrected chi connectivity index (χ0v) is 20.3. The van der Waals surface area contributed by atoms with E-state index in [4.69, 9.17) is 19.3 Å². The summed E-state index contributed by atoms with van der Waals surface area (Å²) in [6, 6.07) is 16.4. The van der Waals surface area contributed by atoms with Crippen molar-refractivity contribution in [2.45, 2.75) is 19.8 Å². The summed E-state index contributed by atoms with van der Waals surface area (Å²) in [4.78, 5) is 36.0. The fraction of sp³-hybridized carbons (Fsp3) is 0.222. The molecule has 0 atom stereocenters. The van der Waals surface area contributed by atoms with E-state index in [0.29, 0.717) is 22.9 Å². The van der Waals surface area contributed by atoms with E-state index in [1.54, 1.807) is 18.2 Å². The maximum atomic E-state index is 12.5. The van der Waals surface area contributed by atoms with Crippen molar-refractivity contribution in [2.75, 3.05) is 31.5 Å². The number of carboxylic acid groups (broad SMARTS) is 1. The van der Waals surface area contributed by atoms with Crippen LogP contribution in [0.5, 0.6) is 17.2 Å². The molecule has 36 heavy (non-hydrogen) atoms. The first-order valence-corrected chi connectivity index (χ1v) is 11.2. The van der Waals surface area contributed by atoms with Crippen LogP contribution in [-0.2, 0) is 11.2 Å². The number of hydrogen-bond donors (Lipinski definition) is 3. The molecule has 0 saturated heterocycles. The first kappa shape index (κ1) is 26.1. The van der Waals surface area contributed by atoms with Gasteiger partial charge in [-0.1, -0.05) is 24.3 Å². The molecular formula is C27H28N2O7. The van der Waals surface area contributed by atoms with E-state index in [0.717, 1.165) is 11.1 Å². The van der Waals surface area contributed by atoms with Crippen molar-refractivity contribution in [2.24, 2.45) is 0 Å². The predicted molar refractivity (Wildman–Crippen MR) is 136 cm³/mol. The number of ether oxygens (including phenoxy) is 3. The summed E-state index contributed by atoms with van der Waals surface area (Å²) in [5, 5.41) is 14.6. The molecule has 0 bridgehead atoms. The van der Waals surface area contributed by atoms with E-state index >= 15 is 0 Å². The predicted octanol–water partition coefficient (Wildman–Crippen LogP) is 4.94. The Morgan fingerprint density at radius 1 is 0.833 bits per heavy atom. The van der Waals surface area contributed by atoms with E-state index in [-0.39, 0.29) is 36.5 Å². The molecular weight excluding hydrogens is 464 g/mol. The largest absolute Gasteiger partial charge is 0.495 e. The van der Waals surface area contributed by atoms with Crippen molar-refractivity contribution >= 4 is 29.2 Å². The third-order valence-electron chi connectivity index (χ3n) is 5.36. The summed E-state index contributed by atoms with van der Waals surface area (Å²) in [5.41, 5.74) is 2.92. The second-order valence-corrected chi connectivity index (χ2v) is 7.91. The Bertz CT molecular complexity index is 1260. The number of carbonyl (C=O) groups is 3. The number of para-hydroxylation sites is 1. The highest BCUT2D eigenvalue weighted by Gasteiger charge is 2.13. The molecule has 0 heterocycles. The zero-order valence-electron chi connectivity index (χ0n) is 20.3. The molecule has 3 aromatic rings. The van der Waals surface area contributed by atoms with Gasteiger partial charge in [0.1, 0.15) is 11.5 Å². The monoisotopic (exact) mass is 492 g/mol. The fourth-order valence-corrected chi connectivity index (χ4v) is 3.45. The van der Waals surface area contributed by atoms with E-state index in [1.165, 1.54) is 32.4 Å². The number of methoxy groups -OCH3 is 2. The highest BCUT2D eigenvalue weighted by Crippen LogP contribution is 2.29. The Hall–Kier alpha value is -4.53. The number of Topliss-reactive ketones (excluding diaryl/α,β-unsaturated/α-hetero) is 1. The first-order valence-electron chi connectivity index (χ1n) is 11.2. The van der Waals surface area contributed by atoms with Gasteiger partial charge in [-0.2, -0.15) is 0 Å². The van der Waals surface area contributed by atoms with Crippen LogP contribution in [0.2, 0.25) is 0 Å². The van der Waals surface area contributed by atoms with Crippen LogP contribution in [0.1, 0.15) is 27.9 Å². The second-order valence-electron chi connectivity index (χ2n) is 7.91. The average Bonchev–Trinajstić information content (AvgIpc) is 2.86. The molecule has 9 heteroatoms. The molecule has 9 nitrogen and oxygen atoms in total. The number of aryl methyl sites for hydroxylation is 1. The van der Waals surface area contributed by atoms with Crippen LogP contribution in [0.15, 0.2) is 60.7 Å². The van der Waals surface area contributed by atoms with Gasteiger partial charge in [-0.15, -0.1) is 0 Å². The molecule has 3 aromatic carbocycles. The van der Waals surface area contributed by atoms with Crippen LogP contribution < -0.4 is 24.8 Å². The number of benzene rings is 3. The van der Waals surface area contributed by atoms with Gasteiger partial charge in [0.05, 0.1) is 32.1 Å². The Labute approximate surface area is 209 Å². The average molecular weight is 493 g/mol. The van der Waals surface area contributed by atoms with Gasteiger partial charge in [0, 0.05) is 18.5 Å². The van der Waals surface area contributed by atoms with Crippen molar-refractivity contribution in [3.63, 3.8) is 0 Å². The number of carboxylic acids is 1. The standard InChI is InChI=1S/C27H28N2O7/c1-17-6-4-5-7-21(17)28-27(33)29-22-10-8-18(15-24(22)34-2)14-20(30)12-13-36-23-11-9-19(26(31)32)16-25(23)35-3/h4-11,15-16H,12-14H2,1-3H3,(H,31,32)(H2,28,29,33). The molecule has 0 saturated carbocycles. The summed E-state index contributed by atoms with van der Waals surface area (Å²) in [7, 11) is 2.90. The molecule has 188 valence electrons. The maximum Gasteiger partial charge on any atom is 0.335 e. The molecule has 0 fully saturated rings. The number of aromatic carboxylic acids is 1. The van der Waals surface area contributed by atoms with Crippen molar-refractivity contribution in [3.8, 4) is 17.2 Å². The normalized spacial score (nSPS) is 10.3. The van der Waals surface area contributed by atoms with Gasteiger partial charge in [0.2, 0.25) is 0 Å². The third-order valence-corrected chi connectivity index (χ3v) is 5.36. The van der Waals surface area contributed by atoms with Crippen LogP contribution in [0.25, 0.3) is 0 Å². The summed E-state index contributed by atoms with van der Waals surface area (Å²) >= 11 is 0. The molecule has 2 amide bonds. The summed E-state index contributed by atoms with van der Waals surface area (Å²) in [5.74, 6) is -0.0625. The fourth-order valence-electron chi connectivity index (χ4n) is 3.45. The minimum absolute atomic E-state index is 0.0591. The molecule has 0 radical (unpaired) electrons. The second kappa shape index (κ2) is 12.3. The molecule has 0 aliphatic carbocycles. The van der Waals surface area contributed by atoms with Crippen LogP contribution >= 0.6 is 0 Å². The number of urea groups is 1. The SMILES string of the molecule is COc1cc(CC(=O)CCOc2ccc(C(=O)O)cc2OC)ccc1NC(=O)Nc1ccccc1C. The van der Waals surface area contributed by atoms with Crippen LogP contribution in [-0.4, -0.2) is 43.7 Å². The molecule has 0 aromatic heterocycles. The maximum absolute atomic E-state index is 12.5. The molecule has 0 spiro atoms. The number of nitrogens with one attached hydrogen (secondary N) is 2. The van der Waals surface area contributed by atoms with Gasteiger partial charge in [-0.25, -0.2) is 9.59 Å². The van der Waals surface area contributed by atoms with E-state index < -0.39 is 12.0 Å². The number of amides is 2. The quantitative estimate of drug-likeness (QED) is 0.347. The number of anilines is 2. The van der Waals surface area contributed by atoms with Gasteiger partial charge >= 0.3 is 12.0 Å². The number of carbonyl (C=O) groups excluding carboxylic acids is 2. The van der Waals surface area contributed by atoms with Crippen molar-refractivity contribution in [1.82, 2.24) is 0 Å². The minimum atomic E-state index is -1.07. The Kier molecular flexibility index (Phi) is 8.88. The smallest absolute Gasteiger partial charge is 0.335 e. The van der Waals surface area contributed by atoms with Crippen LogP contribution in [0, 0.1) is 6.92 Å². The Morgan fingerprint density at radius 2 is 1.56 bits per heavy atom. The minimum Gasteiger partial charge on any atom is -0.495 e. The van der Waals surface area contributed by atoms with Gasteiger partial charge in [-0.05, 0) is 54.4 Å². The van der Waals surface area contributed by atoms with Crippen LogP contribution in [0.3, 0.4) is 0 Å². The number of ketones is 1. The lowest BCUT2D eigenvalue weighted by atomic mass is 10.1. The highest BCUT2D eigenvalue weighted by molar-refractivity contribution is 6.01. The Balaban J connectivity index is 1.55. The number of rotatable bonds is 11. The first-order chi connectivity index (χ1) is 17.3. The van der Waals surface area contributed by atoms with Crippen molar-refractivity contribution < 1.29 is 33.7 Å². The van der Waals surface area contributed by atoms with Crippen molar-refractivity contribution in [1.29, 1.82) is 0 Å². The molecule has 3 N–H and O–H groups in total. The Morgan fingerprint density at radius 3 is 2.25 bits per heavy atom. The topological polar surface area (TPSA) is 123 Å². The zero-order chi connectivity index (χ0) is 26.1. The van der Waals surface area contributed by atoms with E-state index in [2.05, 4.69) is 10.6 Å². The number of hydrogen-bond acceptors (Lipinski definition) is 6.